The van der Waals surface area contributed by atoms with Gasteiger partial charge in [-0.2, -0.15) is 0 Å². The second kappa shape index (κ2) is 12.0. The van der Waals surface area contributed by atoms with Crippen molar-refractivity contribution in [2.75, 3.05) is 0 Å². The summed E-state index contributed by atoms with van der Waals surface area (Å²) in [5.41, 5.74) is 5.42. The number of hydrogen-bond donors (Lipinski definition) is 2. The Morgan fingerprint density at radius 3 is 2.04 bits per heavy atom. The predicted octanol–water partition coefficient (Wildman–Crippen LogP) is 5.90. The van der Waals surface area contributed by atoms with Crippen LogP contribution < -0.4 is 10.9 Å². The van der Waals surface area contributed by atoms with Gasteiger partial charge < -0.3 is 0 Å². The average Bonchev–Trinajstić information content (AvgIpc) is 2.61. The van der Waals surface area contributed by atoms with Gasteiger partial charge >= 0.3 is 0 Å². The Balaban J connectivity index is 2.45. The average molecular weight is 395 g/mol. The maximum atomic E-state index is 12.6. The van der Waals surface area contributed by atoms with E-state index in [1.165, 1.54) is 32.1 Å². The van der Waals surface area contributed by atoms with E-state index in [0.29, 0.717) is 10.6 Å². The molecule has 27 heavy (non-hydrogen) atoms. The highest BCUT2D eigenvalue weighted by Gasteiger charge is 2.31. The van der Waals surface area contributed by atoms with Gasteiger partial charge in [0.2, 0.25) is 5.91 Å². The maximum absolute atomic E-state index is 12.6. The van der Waals surface area contributed by atoms with Crippen molar-refractivity contribution < 1.29 is 9.59 Å². The fraction of sp³-hybridized carbons (Fsp3) is 0.636. The summed E-state index contributed by atoms with van der Waals surface area (Å²) < 4.78 is 0. The van der Waals surface area contributed by atoms with Gasteiger partial charge in [0.05, 0.1) is 0 Å². The molecule has 5 heteroatoms. The molecule has 2 N–H and O–H groups in total. The minimum atomic E-state index is -0.344. The third kappa shape index (κ3) is 9.28. The Hall–Kier alpha value is -1.55. The molecule has 0 aliphatic heterocycles. The van der Waals surface area contributed by atoms with Crippen molar-refractivity contribution in [3.05, 3.63) is 34.9 Å². The van der Waals surface area contributed by atoms with E-state index in [1.54, 1.807) is 24.3 Å². The molecule has 0 aliphatic rings. The van der Waals surface area contributed by atoms with E-state index in [1.807, 2.05) is 0 Å². The first-order valence-electron chi connectivity index (χ1n) is 10.1. The Morgan fingerprint density at radius 1 is 0.926 bits per heavy atom. The van der Waals surface area contributed by atoms with Crippen molar-refractivity contribution in [3.8, 4) is 0 Å². The summed E-state index contributed by atoms with van der Waals surface area (Å²) >= 11 is 5.83. The third-order valence-electron chi connectivity index (χ3n) is 4.86. The largest absolute Gasteiger partial charge is 0.273 e. The molecule has 1 aromatic carbocycles. The smallest absolute Gasteiger partial charge is 0.269 e. The number of hydrazine groups is 1. The van der Waals surface area contributed by atoms with Gasteiger partial charge in [-0.25, -0.2) is 0 Å². The number of unbranched alkanes of at least 4 members (excludes halogenated alkanes) is 6. The van der Waals surface area contributed by atoms with Gasteiger partial charge in [0.25, 0.3) is 5.91 Å². The van der Waals surface area contributed by atoms with Gasteiger partial charge in [0.15, 0.2) is 0 Å². The fourth-order valence-electron chi connectivity index (χ4n) is 3.14. The van der Waals surface area contributed by atoms with E-state index >= 15 is 0 Å². The lowest BCUT2D eigenvalue weighted by Gasteiger charge is -2.29. The van der Waals surface area contributed by atoms with Crippen molar-refractivity contribution in [2.24, 2.45) is 11.3 Å². The molecule has 0 saturated heterocycles. The minimum Gasteiger partial charge on any atom is -0.273 e. The Labute approximate surface area is 169 Å². The summed E-state index contributed by atoms with van der Waals surface area (Å²) in [7, 11) is 0. The molecule has 1 atom stereocenters. The van der Waals surface area contributed by atoms with Crippen molar-refractivity contribution >= 4 is 23.4 Å². The highest BCUT2D eigenvalue weighted by molar-refractivity contribution is 6.30. The molecule has 1 rings (SSSR count). The van der Waals surface area contributed by atoms with Gasteiger partial charge in [-0.15, -0.1) is 0 Å². The van der Waals surface area contributed by atoms with Gasteiger partial charge in [0.1, 0.15) is 0 Å². The zero-order valence-corrected chi connectivity index (χ0v) is 18.0. The molecule has 0 bridgehead atoms. The predicted molar refractivity (Wildman–Crippen MR) is 113 cm³/mol. The molecule has 0 heterocycles. The van der Waals surface area contributed by atoms with E-state index in [9.17, 15) is 9.59 Å². The van der Waals surface area contributed by atoms with Crippen LogP contribution in [0.3, 0.4) is 0 Å². The summed E-state index contributed by atoms with van der Waals surface area (Å²) in [6, 6.07) is 6.56. The Morgan fingerprint density at radius 2 is 1.48 bits per heavy atom. The second-order valence-corrected chi connectivity index (χ2v) is 8.72. The van der Waals surface area contributed by atoms with Crippen LogP contribution in [0.1, 0.15) is 89.4 Å². The summed E-state index contributed by atoms with van der Waals surface area (Å²) in [4.78, 5) is 24.8. The summed E-state index contributed by atoms with van der Waals surface area (Å²) in [6.45, 7) is 8.43. The molecule has 0 saturated carbocycles. The van der Waals surface area contributed by atoms with Crippen molar-refractivity contribution in [3.63, 3.8) is 0 Å². The number of amides is 2. The van der Waals surface area contributed by atoms with Crippen molar-refractivity contribution in [2.45, 2.75) is 79.1 Å². The van der Waals surface area contributed by atoms with Crippen LogP contribution >= 0.6 is 11.6 Å². The number of carbonyl (C=O) groups is 2. The van der Waals surface area contributed by atoms with Crippen LogP contribution in [-0.2, 0) is 4.79 Å². The highest BCUT2D eigenvalue weighted by Crippen LogP contribution is 2.30. The Bertz CT molecular complexity index is 579. The van der Waals surface area contributed by atoms with Gasteiger partial charge in [-0.3, -0.25) is 20.4 Å². The first-order chi connectivity index (χ1) is 12.8. The maximum Gasteiger partial charge on any atom is 0.269 e. The molecule has 0 aliphatic carbocycles. The SMILES string of the molecule is CCCCCCCCCC(C(=O)NNC(=O)c1ccc(Cl)cc1)C(C)(C)C. The lowest BCUT2D eigenvalue weighted by molar-refractivity contribution is -0.129. The molecule has 1 unspecified atom stereocenters. The number of benzene rings is 1. The van der Waals surface area contributed by atoms with Crippen molar-refractivity contribution in [1.29, 1.82) is 0 Å². The molecule has 152 valence electrons. The van der Waals surface area contributed by atoms with Crippen LogP contribution in [0, 0.1) is 11.3 Å². The lowest BCUT2D eigenvalue weighted by Crippen LogP contribution is -2.47. The van der Waals surface area contributed by atoms with Crippen LogP contribution in [0.2, 0.25) is 5.02 Å². The first kappa shape index (κ1) is 23.5. The van der Waals surface area contributed by atoms with Crippen LogP contribution in [0.4, 0.5) is 0 Å². The van der Waals surface area contributed by atoms with Gasteiger partial charge in [-0.05, 0) is 36.1 Å². The molecule has 0 fully saturated rings. The molecular weight excluding hydrogens is 360 g/mol. The minimum absolute atomic E-state index is 0.129. The standard InChI is InChI=1S/C22H35ClN2O2/c1-5-6-7-8-9-10-11-12-19(22(2,3)4)21(27)25-24-20(26)17-13-15-18(23)16-14-17/h13-16,19H,5-12H2,1-4H3,(H,24,26)(H,25,27). The van der Waals surface area contributed by atoms with Gasteiger partial charge in [0, 0.05) is 16.5 Å². The Kier molecular flexibility index (Phi) is 10.5. The van der Waals surface area contributed by atoms with E-state index in [0.717, 1.165) is 19.3 Å². The van der Waals surface area contributed by atoms with Crippen LogP contribution in [0.5, 0.6) is 0 Å². The number of nitrogens with one attached hydrogen (secondary N) is 2. The number of rotatable bonds is 10. The molecule has 2 amide bonds. The number of hydrogen-bond acceptors (Lipinski definition) is 2. The molecule has 1 aromatic rings. The van der Waals surface area contributed by atoms with Crippen LogP contribution in [-0.4, -0.2) is 11.8 Å². The fourth-order valence-corrected chi connectivity index (χ4v) is 3.27. The van der Waals surface area contributed by atoms with Gasteiger partial charge in [-0.1, -0.05) is 84.2 Å². The molecular formula is C22H35ClN2O2. The summed E-state index contributed by atoms with van der Waals surface area (Å²) in [5, 5.41) is 0.568. The first-order valence-corrected chi connectivity index (χ1v) is 10.5. The third-order valence-corrected chi connectivity index (χ3v) is 5.12. The normalized spacial score (nSPS) is 12.5. The van der Waals surface area contributed by atoms with E-state index < -0.39 is 0 Å². The van der Waals surface area contributed by atoms with E-state index in [4.69, 9.17) is 11.6 Å². The number of carbonyl (C=O) groups excluding carboxylic acids is 2. The molecule has 4 nitrogen and oxygen atoms in total. The summed E-state index contributed by atoms with van der Waals surface area (Å²) in [5.74, 6) is -0.613. The monoisotopic (exact) mass is 394 g/mol. The molecule has 0 aromatic heterocycles. The zero-order chi connectivity index (χ0) is 20.3. The lowest BCUT2D eigenvalue weighted by atomic mass is 9.77. The molecule has 0 spiro atoms. The number of halogens is 1. The van der Waals surface area contributed by atoms with E-state index in [2.05, 4.69) is 38.5 Å². The zero-order valence-electron chi connectivity index (χ0n) is 17.2. The summed E-state index contributed by atoms with van der Waals surface area (Å²) in [6.07, 6.45) is 9.39. The van der Waals surface area contributed by atoms with Crippen molar-refractivity contribution in [1.82, 2.24) is 10.9 Å². The second-order valence-electron chi connectivity index (χ2n) is 8.28. The quantitative estimate of drug-likeness (QED) is 0.383. The topological polar surface area (TPSA) is 58.2 Å². The van der Waals surface area contributed by atoms with Crippen LogP contribution in [0.15, 0.2) is 24.3 Å². The molecule has 0 radical (unpaired) electrons. The van der Waals surface area contributed by atoms with E-state index in [-0.39, 0.29) is 23.1 Å². The highest BCUT2D eigenvalue weighted by atomic mass is 35.5. The van der Waals surface area contributed by atoms with Crippen LogP contribution in [0.25, 0.3) is 0 Å².